The van der Waals surface area contributed by atoms with Crippen LogP contribution in [0.2, 0.25) is 10.2 Å². The Morgan fingerprint density at radius 3 is 2.62 bits per heavy atom. The molecule has 7 nitrogen and oxygen atoms in total. The number of aromatic nitrogens is 4. The van der Waals surface area contributed by atoms with Crippen molar-refractivity contribution in [2.45, 2.75) is 37.8 Å². The van der Waals surface area contributed by atoms with Gasteiger partial charge in [-0.15, -0.1) is 0 Å². The number of nitrogens with zero attached hydrogens (tertiary/aromatic N) is 5. The average molecular weight is 509 g/mol. The Balaban J connectivity index is 0.000000200. The highest BCUT2D eigenvalue weighted by Gasteiger charge is 2.59. The number of halogens is 4. The van der Waals surface area contributed by atoms with Crippen molar-refractivity contribution >= 4 is 45.7 Å². The van der Waals surface area contributed by atoms with E-state index in [1.807, 2.05) is 13.0 Å². The maximum atomic E-state index is 13.2. The summed E-state index contributed by atoms with van der Waals surface area (Å²) in [5, 5.41) is 8.39. The second-order valence-electron chi connectivity index (χ2n) is 8.70. The van der Waals surface area contributed by atoms with Gasteiger partial charge in [0.15, 0.2) is 5.15 Å². The van der Waals surface area contributed by atoms with Crippen molar-refractivity contribution < 1.29 is 13.5 Å². The van der Waals surface area contributed by atoms with Gasteiger partial charge < -0.3 is 10.1 Å². The van der Waals surface area contributed by atoms with E-state index >= 15 is 0 Å². The van der Waals surface area contributed by atoms with Gasteiger partial charge in [-0.05, 0) is 31.0 Å². The van der Waals surface area contributed by atoms with E-state index in [0.29, 0.717) is 22.2 Å². The Labute approximate surface area is 205 Å². The second-order valence-corrected chi connectivity index (χ2v) is 9.46. The third-order valence-electron chi connectivity index (χ3n) is 6.16. The molecule has 0 spiro atoms. The van der Waals surface area contributed by atoms with Crippen LogP contribution in [0.1, 0.15) is 24.4 Å². The minimum atomic E-state index is -2.75. The van der Waals surface area contributed by atoms with Crippen molar-refractivity contribution in [3.05, 3.63) is 52.4 Å². The normalized spacial score (nSPS) is 21.6. The van der Waals surface area contributed by atoms with Crippen molar-refractivity contribution in [1.29, 1.82) is 0 Å². The van der Waals surface area contributed by atoms with Gasteiger partial charge in [-0.25, -0.2) is 23.4 Å². The average Bonchev–Trinajstić information content (AvgIpc) is 3.26. The zero-order valence-electron chi connectivity index (χ0n) is 18.5. The molecule has 2 fully saturated rings. The van der Waals surface area contributed by atoms with Crippen LogP contribution in [0.3, 0.4) is 0 Å². The van der Waals surface area contributed by atoms with Crippen molar-refractivity contribution in [1.82, 2.24) is 24.6 Å². The van der Waals surface area contributed by atoms with Crippen molar-refractivity contribution in [3.63, 3.8) is 0 Å². The van der Waals surface area contributed by atoms with Crippen LogP contribution >= 0.6 is 23.2 Å². The number of benzene rings is 1. The predicted molar refractivity (Wildman–Crippen MR) is 128 cm³/mol. The quantitative estimate of drug-likeness (QED) is 0.475. The summed E-state index contributed by atoms with van der Waals surface area (Å²) < 4.78 is 32.6. The summed E-state index contributed by atoms with van der Waals surface area (Å²) in [6.45, 7) is 6.15. The van der Waals surface area contributed by atoms with Crippen molar-refractivity contribution in [2.24, 2.45) is 0 Å². The van der Waals surface area contributed by atoms with E-state index in [1.54, 1.807) is 12.3 Å². The summed E-state index contributed by atoms with van der Waals surface area (Å²) in [4.78, 5) is 11.1. The standard InChI is InChI=1S/C15H11Cl2F2N5.C8H13NO/c1-7-2-10-8(3-9(7)16)5-20-14(22-10)23-11-6-21-24(13(11)17)12-4-15(12,18)19;1-2-4-9(5-3-1)8-6-10-7-8/h2-3,5-6,12H,4H2,1H3,(H,20,22,23);1-2,8H,3-7H2. The molecule has 3 aromatic rings. The van der Waals surface area contributed by atoms with E-state index in [2.05, 4.69) is 37.4 Å². The molecule has 1 atom stereocenters. The van der Waals surface area contributed by atoms with Gasteiger partial charge in [0, 0.05) is 36.1 Å². The number of hydrogen-bond donors (Lipinski definition) is 1. The number of nitrogens with one attached hydrogen (secondary N) is 1. The molecule has 3 aliphatic rings. The minimum Gasteiger partial charge on any atom is -0.378 e. The van der Waals surface area contributed by atoms with Gasteiger partial charge in [-0.1, -0.05) is 35.4 Å². The summed E-state index contributed by atoms with van der Waals surface area (Å²) in [6.07, 6.45) is 8.50. The number of alkyl halides is 2. The van der Waals surface area contributed by atoms with Crippen LogP contribution < -0.4 is 5.32 Å². The number of fused-ring (bicyclic) bond motifs is 1. The molecule has 0 bridgehead atoms. The topological polar surface area (TPSA) is 68.1 Å². The van der Waals surface area contributed by atoms with E-state index in [1.165, 1.54) is 19.2 Å². The van der Waals surface area contributed by atoms with Crippen molar-refractivity contribution in [2.75, 3.05) is 31.6 Å². The molecule has 180 valence electrons. The van der Waals surface area contributed by atoms with Gasteiger partial charge in [0.1, 0.15) is 6.04 Å². The molecule has 1 unspecified atom stereocenters. The fraction of sp³-hybridized carbons (Fsp3) is 0.435. The number of hydrogen-bond acceptors (Lipinski definition) is 6. The first kappa shape index (κ1) is 23.4. The molecule has 1 saturated heterocycles. The maximum Gasteiger partial charge on any atom is 0.272 e. The predicted octanol–water partition coefficient (Wildman–Crippen LogP) is 5.41. The fourth-order valence-electron chi connectivity index (χ4n) is 3.87. The van der Waals surface area contributed by atoms with Crippen LogP contribution in [0, 0.1) is 6.92 Å². The molecular formula is C23H24Cl2F2N6O. The highest BCUT2D eigenvalue weighted by atomic mass is 35.5. The van der Waals surface area contributed by atoms with Gasteiger partial charge in [-0.2, -0.15) is 5.10 Å². The Kier molecular flexibility index (Phi) is 6.45. The molecule has 1 aromatic carbocycles. The molecule has 4 heterocycles. The monoisotopic (exact) mass is 508 g/mol. The van der Waals surface area contributed by atoms with Gasteiger partial charge in [0.2, 0.25) is 5.95 Å². The van der Waals surface area contributed by atoms with E-state index in [-0.39, 0.29) is 11.6 Å². The Hall–Kier alpha value is -2.33. The molecule has 1 N–H and O–H groups in total. The zero-order valence-corrected chi connectivity index (χ0v) is 20.0. The number of aryl methyl sites for hydroxylation is 1. The van der Waals surface area contributed by atoms with Crippen LogP contribution in [-0.2, 0) is 4.74 Å². The van der Waals surface area contributed by atoms with Crippen LogP contribution in [0.4, 0.5) is 20.4 Å². The Bertz CT molecular complexity index is 1230. The first-order chi connectivity index (χ1) is 16.3. The van der Waals surface area contributed by atoms with Crippen LogP contribution in [0.15, 0.2) is 36.7 Å². The van der Waals surface area contributed by atoms with Gasteiger partial charge >= 0.3 is 0 Å². The van der Waals surface area contributed by atoms with Gasteiger partial charge in [0.25, 0.3) is 5.92 Å². The van der Waals surface area contributed by atoms with Crippen LogP contribution in [0.25, 0.3) is 10.9 Å². The largest absolute Gasteiger partial charge is 0.378 e. The first-order valence-electron chi connectivity index (χ1n) is 11.1. The molecule has 0 amide bonds. The molecule has 11 heteroatoms. The highest BCUT2D eigenvalue weighted by molar-refractivity contribution is 6.32. The van der Waals surface area contributed by atoms with Crippen LogP contribution in [-0.4, -0.2) is 62.9 Å². The fourth-order valence-corrected chi connectivity index (χ4v) is 4.30. The number of anilines is 2. The third kappa shape index (κ3) is 4.88. The van der Waals surface area contributed by atoms with E-state index < -0.39 is 12.0 Å². The SMILES string of the molecule is C1=CCN(C2COC2)CC1.Cc1cc2nc(Nc3cnn(C4CC4(F)F)c3Cl)ncc2cc1Cl. The molecule has 6 rings (SSSR count). The van der Waals surface area contributed by atoms with Gasteiger partial charge in [0.05, 0.1) is 36.7 Å². The lowest BCUT2D eigenvalue weighted by molar-refractivity contribution is -0.0616. The number of rotatable bonds is 4. The molecule has 0 radical (unpaired) electrons. The molecule has 1 saturated carbocycles. The van der Waals surface area contributed by atoms with E-state index in [4.69, 9.17) is 27.9 Å². The summed E-state index contributed by atoms with van der Waals surface area (Å²) in [7, 11) is 0. The zero-order chi connectivity index (χ0) is 23.9. The summed E-state index contributed by atoms with van der Waals surface area (Å²) in [6, 6.07) is 3.38. The second kappa shape index (κ2) is 9.37. The van der Waals surface area contributed by atoms with Crippen LogP contribution in [0.5, 0.6) is 0 Å². The molecule has 1 aliphatic carbocycles. The lowest BCUT2D eigenvalue weighted by Crippen LogP contribution is -2.50. The smallest absolute Gasteiger partial charge is 0.272 e. The summed E-state index contributed by atoms with van der Waals surface area (Å²) >= 11 is 12.2. The Morgan fingerprint density at radius 2 is 1.97 bits per heavy atom. The van der Waals surface area contributed by atoms with E-state index in [9.17, 15) is 8.78 Å². The summed E-state index contributed by atoms with van der Waals surface area (Å²) in [5.41, 5.74) is 1.99. The Morgan fingerprint density at radius 1 is 1.18 bits per heavy atom. The molecule has 2 aromatic heterocycles. The lowest BCUT2D eigenvalue weighted by Gasteiger charge is -2.37. The minimum absolute atomic E-state index is 0.105. The molecule has 2 aliphatic heterocycles. The highest BCUT2D eigenvalue weighted by Crippen LogP contribution is 2.53. The maximum absolute atomic E-state index is 13.2. The third-order valence-corrected chi connectivity index (χ3v) is 6.94. The number of ether oxygens (including phenoxy) is 1. The van der Waals surface area contributed by atoms with E-state index in [0.717, 1.165) is 41.4 Å². The summed E-state index contributed by atoms with van der Waals surface area (Å²) in [5.74, 6) is -2.45. The van der Waals surface area contributed by atoms with Crippen molar-refractivity contribution in [3.8, 4) is 0 Å². The molecule has 34 heavy (non-hydrogen) atoms. The van der Waals surface area contributed by atoms with Gasteiger partial charge in [-0.3, -0.25) is 4.90 Å². The molecular weight excluding hydrogens is 485 g/mol. The lowest BCUT2D eigenvalue weighted by atomic mass is 10.1. The first-order valence-corrected chi connectivity index (χ1v) is 11.8.